The van der Waals surface area contributed by atoms with E-state index in [1.807, 2.05) is 0 Å². The zero-order valence-electron chi connectivity index (χ0n) is 17.4. The van der Waals surface area contributed by atoms with Crippen LogP contribution in [0.25, 0.3) is 0 Å². The monoisotopic (exact) mass is 426 g/mol. The Morgan fingerprint density at radius 2 is 1.94 bits per heavy atom. The Labute approximate surface area is 177 Å². The van der Waals surface area contributed by atoms with Gasteiger partial charge in [0.2, 0.25) is 17.7 Å². The Kier molecular flexibility index (Phi) is 4.92. The lowest BCUT2D eigenvalue weighted by Gasteiger charge is -2.34. The first-order chi connectivity index (χ1) is 14.9. The molecule has 0 radical (unpaired) electrons. The molecule has 1 aromatic heterocycles. The molecule has 2 aliphatic rings. The molecule has 0 fully saturated rings. The lowest BCUT2D eigenvalue weighted by Crippen LogP contribution is -2.49. The predicted octanol–water partition coefficient (Wildman–Crippen LogP) is 1.04. The van der Waals surface area contributed by atoms with Crippen molar-refractivity contribution in [3.63, 3.8) is 0 Å². The molecule has 2 aliphatic heterocycles. The number of nitrogens with two attached hydrogens (primary N) is 1. The number of benzene rings is 1. The Morgan fingerprint density at radius 1 is 1.23 bits per heavy atom. The first-order valence-corrected chi connectivity index (χ1v) is 9.85. The highest BCUT2D eigenvalue weighted by atomic mass is 16.5. The average molecular weight is 426 g/mol. The number of para-hydroxylation sites is 1. The van der Waals surface area contributed by atoms with Gasteiger partial charge in [0.25, 0.3) is 0 Å². The van der Waals surface area contributed by atoms with Crippen LogP contribution in [0.5, 0.6) is 5.88 Å². The van der Waals surface area contributed by atoms with Crippen LogP contribution in [0, 0.1) is 6.92 Å². The van der Waals surface area contributed by atoms with Crippen molar-refractivity contribution in [1.29, 1.82) is 0 Å². The van der Waals surface area contributed by atoms with Crippen LogP contribution in [0.1, 0.15) is 30.7 Å². The van der Waals surface area contributed by atoms with Gasteiger partial charge >= 0.3 is 11.9 Å². The van der Waals surface area contributed by atoms with E-state index in [0.717, 1.165) is 0 Å². The third kappa shape index (κ3) is 2.78. The van der Waals surface area contributed by atoms with Crippen LogP contribution in [0.4, 0.5) is 5.69 Å². The highest BCUT2D eigenvalue weighted by molar-refractivity contribution is 6.19. The van der Waals surface area contributed by atoms with Crippen LogP contribution in [0.3, 0.4) is 0 Å². The number of nitrogens with zero attached hydrogens (tertiary/aromatic N) is 2. The van der Waals surface area contributed by atoms with E-state index < -0.39 is 23.3 Å². The lowest BCUT2D eigenvalue weighted by molar-refractivity contribution is -0.142. The number of H-pyrrole nitrogens is 1. The van der Waals surface area contributed by atoms with Gasteiger partial charge in [-0.2, -0.15) is 0 Å². The molecule has 31 heavy (non-hydrogen) atoms. The van der Waals surface area contributed by atoms with Crippen molar-refractivity contribution in [2.24, 2.45) is 5.73 Å². The van der Waals surface area contributed by atoms with Gasteiger partial charge in [0.15, 0.2) is 0 Å². The van der Waals surface area contributed by atoms with E-state index in [2.05, 4.69) is 10.2 Å². The minimum atomic E-state index is -1.68. The van der Waals surface area contributed by atoms with Gasteiger partial charge in [0, 0.05) is 16.9 Å². The number of nitrogens with one attached hydrogen (secondary N) is 1. The zero-order chi connectivity index (χ0) is 22.3. The van der Waals surface area contributed by atoms with Crippen molar-refractivity contribution in [1.82, 2.24) is 10.2 Å². The van der Waals surface area contributed by atoms with Gasteiger partial charge in [-0.3, -0.25) is 19.6 Å². The third-order valence-electron chi connectivity index (χ3n) is 5.35. The van der Waals surface area contributed by atoms with Gasteiger partial charge in [0.1, 0.15) is 17.5 Å². The predicted molar refractivity (Wildman–Crippen MR) is 108 cm³/mol. The standard InChI is InChI=1S/C21H22N4O6/c1-4-29-14(26)10-25-13-9-7-6-8-12(13)21(20(25)28)15-11(3)23-24-18(15)31-17(22)16(21)19(27)30-5-2/h6-9H,4-5,10,22H2,1-3H3,(H,23,24). The van der Waals surface area contributed by atoms with Crippen molar-refractivity contribution in [3.05, 3.63) is 52.5 Å². The van der Waals surface area contributed by atoms with Crippen molar-refractivity contribution in [2.75, 3.05) is 24.7 Å². The number of carbonyl (C=O) groups excluding carboxylic acids is 3. The highest BCUT2D eigenvalue weighted by Gasteiger charge is 2.62. The number of aromatic amines is 1. The molecule has 0 saturated carbocycles. The van der Waals surface area contributed by atoms with Gasteiger partial charge in [-0.1, -0.05) is 18.2 Å². The number of anilines is 1. The number of fused-ring (bicyclic) bond motifs is 4. The third-order valence-corrected chi connectivity index (χ3v) is 5.35. The van der Waals surface area contributed by atoms with Crippen molar-refractivity contribution in [3.8, 4) is 5.88 Å². The number of carbonyl (C=O) groups is 3. The molecule has 10 heteroatoms. The minimum absolute atomic E-state index is 0.0747. The summed E-state index contributed by atoms with van der Waals surface area (Å²) in [5.41, 5.74) is 6.13. The van der Waals surface area contributed by atoms with Crippen LogP contribution in [-0.4, -0.2) is 47.8 Å². The Hall–Kier alpha value is -3.82. The van der Waals surface area contributed by atoms with Gasteiger partial charge in [-0.15, -0.1) is 5.10 Å². The molecule has 0 saturated heterocycles. The second-order valence-corrected chi connectivity index (χ2v) is 7.05. The van der Waals surface area contributed by atoms with Gasteiger partial charge in [0.05, 0.1) is 18.8 Å². The normalized spacial score (nSPS) is 19.2. The zero-order valence-corrected chi connectivity index (χ0v) is 17.4. The molecule has 162 valence electrons. The number of hydrogen-bond acceptors (Lipinski definition) is 8. The lowest BCUT2D eigenvalue weighted by atomic mass is 9.68. The van der Waals surface area contributed by atoms with Gasteiger partial charge in [-0.25, -0.2) is 4.79 Å². The van der Waals surface area contributed by atoms with Crippen LogP contribution in [0.15, 0.2) is 35.7 Å². The Bertz CT molecular complexity index is 1120. The number of esters is 2. The van der Waals surface area contributed by atoms with E-state index in [9.17, 15) is 14.4 Å². The number of amides is 1. The van der Waals surface area contributed by atoms with E-state index in [-0.39, 0.29) is 37.1 Å². The molecule has 1 amide bonds. The maximum absolute atomic E-state index is 14.1. The largest absolute Gasteiger partial charge is 0.465 e. The second kappa shape index (κ2) is 7.46. The van der Waals surface area contributed by atoms with Crippen molar-refractivity contribution < 1.29 is 28.6 Å². The number of aromatic nitrogens is 2. The first kappa shape index (κ1) is 20.5. The molecule has 2 aromatic rings. The Balaban J connectivity index is 2.02. The molecule has 0 aliphatic carbocycles. The number of aryl methyl sites for hydroxylation is 1. The SMILES string of the molecule is CCOC(=O)CN1C(=O)C2(C(C(=O)OCC)=C(N)Oc3n[nH]c(C)c32)c2ccccc21. The smallest absolute Gasteiger partial charge is 0.341 e. The molecule has 10 nitrogen and oxygen atoms in total. The van der Waals surface area contributed by atoms with Crippen LogP contribution < -0.4 is 15.4 Å². The molecule has 0 bridgehead atoms. The van der Waals surface area contributed by atoms with Gasteiger partial charge in [-0.05, 0) is 26.8 Å². The summed E-state index contributed by atoms with van der Waals surface area (Å²) in [7, 11) is 0. The average Bonchev–Trinajstić information content (AvgIpc) is 3.20. The summed E-state index contributed by atoms with van der Waals surface area (Å²) in [5, 5.41) is 6.91. The van der Waals surface area contributed by atoms with E-state index in [1.54, 1.807) is 45.0 Å². The maximum Gasteiger partial charge on any atom is 0.341 e. The molecular weight excluding hydrogens is 404 g/mol. The van der Waals surface area contributed by atoms with Crippen molar-refractivity contribution in [2.45, 2.75) is 26.2 Å². The Morgan fingerprint density at radius 3 is 2.65 bits per heavy atom. The first-order valence-electron chi connectivity index (χ1n) is 9.85. The van der Waals surface area contributed by atoms with Crippen LogP contribution in [0.2, 0.25) is 0 Å². The van der Waals surface area contributed by atoms with Crippen LogP contribution in [-0.2, 0) is 29.3 Å². The molecular formula is C21H22N4O6. The second-order valence-electron chi connectivity index (χ2n) is 7.05. The number of ether oxygens (including phenoxy) is 3. The maximum atomic E-state index is 14.1. The molecule has 1 spiro atoms. The van der Waals surface area contributed by atoms with E-state index in [4.69, 9.17) is 19.9 Å². The molecule has 1 unspecified atom stereocenters. The van der Waals surface area contributed by atoms with E-state index in [1.165, 1.54) is 4.90 Å². The fourth-order valence-corrected chi connectivity index (χ4v) is 4.27. The van der Waals surface area contributed by atoms with E-state index in [0.29, 0.717) is 22.5 Å². The molecule has 4 rings (SSSR count). The summed E-state index contributed by atoms with van der Waals surface area (Å²) in [6, 6.07) is 6.89. The molecule has 3 N–H and O–H groups in total. The number of rotatable bonds is 5. The summed E-state index contributed by atoms with van der Waals surface area (Å²) < 4.78 is 15.9. The van der Waals surface area contributed by atoms with E-state index >= 15 is 0 Å². The highest BCUT2D eigenvalue weighted by Crippen LogP contribution is 2.55. The van der Waals surface area contributed by atoms with Crippen molar-refractivity contribution >= 4 is 23.5 Å². The topological polar surface area (TPSA) is 137 Å². The summed E-state index contributed by atoms with van der Waals surface area (Å²) in [6.45, 7) is 4.97. The summed E-state index contributed by atoms with van der Waals surface area (Å²) in [5.74, 6) is -2.09. The minimum Gasteiger partial charge on any atom is -0.465 e. The molecule has 1 atom stereocenters. The van der Waals surface area contributed by atoms with Crippen LogP contribution >= 0.6 is 0 Å². The molecule has 1 aromatic carbocycles. The summed E-state index contributed by atoms with van der Waals surface area (Å²) in [4.78, 5) is 40.7. The van der Waals surface area contributed by atoms with Gasteiger partial charge < -0.3 is 19.9 Å². The number of hydrogen-bond donors (Lipinski definition) is 2. The quantitative estimate of drug-likeness (QED) is 0.677. The fraction of sp³-hybridized carbons (Fsp3) is 0.333. The summed E-state index contributed by atoms with van der Waals surface area (Å²) >= 11 is 0. The summed E-state index contributed by atoms with van der Waals surface area (Å²) in [6.07, 6.45) is 0. The fourth-order valence-electron chi connectivity index (χ4n) is 4.27. The molecule has 3 heterocycles.